The van der Waals surface area contributed by atoms with Crippen molar-refractivity contribution in [1.29, 1.82) is 0 Å². The van der Waals surface area contributed by atoms with Crippen LogP contribution in [-0.2, 0) is 4.79 Å². The summed E-state index contributed by atoms with van der Waals surface area (Å²) in [7, 11) is 0. The van der Waals surface area contributed by atoms with Crippen molar-refractivity contribution >= 4 is 28.9 Å². The second-order valence-electron chi connectivity index (χ2n) is 7.25. The highest BCUT2D eigenvalue weighted by Crippen LogP contribution is 2.24. The lowest BCUT2D eigenvalue weighted by atomic mass is 10.1. The predicted octanol–water partition coefficient (Wildman–Crippen LogP) is 4.06. The lowest BCUT2D eigenvalue weighted by Gasteiger charge is -2.29. The molecule has 2 saturated heterocycles. The van der Waals surface area contributed by atoms with Crippen molar-refractivity contribution in [3.05, 3.63) is 54.1 Å². The second-order valence-corrected chi connectivity index (χ2v) is 7.25. The molecule has 0 bridgehead atoms. The van der Waals surface area contributed by atoms with E-state index >= 15 is 0 Å². The van der Waals surface area contributed by atoms with Gasteiger partial charge in [0, 0.05) is 48.7 Å². The van der Waals surface area contributed by atoms with Crippen LogP contribution in [0.5, 0.6) is 0 Å². The molecule has 2 aromatic carbocycles. The molecule has 2 aromatic rings. The maximum absolute atomic E-state index is 12.6. The number of hydrogen-bond acceptors (Lipinski definition) is 3. The summed E-state index contributed by atoms with van der Waals surface area (Å²) in [6, 6.07) is 15.3. The van der Waals surface area contributed by atoms with Crippen LogP contribution in [0.4, 0.5) is 17.1 Å². The molecule has 2 heterocycles. The van der Waals surface area contributed by atoms with Crippen molar-refractivity contribution in [3.63, 3.8) is 0 Å². The van der Waals surface area contributed by atoms with Crippen LogP contribution >= 0.6 is 0 Å². The van der Waals surface area contributed by atoms with Crippen LogP contribution in [0, 0.1) is 0 Å². The minimum atomic E-state index is -0.134. The number of anilines is 3. The third kappa shape index (κ3) is 3.97. The fourth-order valence-electron chi connectivity index (χ4n) is 3.85. The zero-order valence-corrected chi connectivity index (χ0v) is 15.5. The van der Waals surface area contributed by atoms with Gasteiger partial charge in [-0.15, -0.1) is 0 Å². The third-order valence-corrected chi connectivity index (χ3v) is 5.34. The van der Waals surface area contributed by atoms with Gasteiger partial charge in [0.1, 0.15) is 0 Å². The summed E-state index contributed by atoms with van der Waals surface area (Å²) >= 11 is 0. The molecule has 2 aliphatic rings. The van der Waals surface area contributed by atoms with Crippen LogP contribution in [0.25, 0.3) is 0 Å². The van der Waals surface area contributed by atoms with Crippen LogP contribution in [0.3, 0.4) is 0 Å². The van der Waals surface area contributed by atoms with Crippen molar-refractivity contribution < 1.29 is 9.59 Å². The standard InChI is InChI=1S/C22H25N3O2/c26-21-8-5-15-25(21)19-11-9-17(10-12-19)22(27)23-18-6-4-7-20(16-18)24-13-2-1-3-14-24/h4,6-7,9-12,16H,1-3,5,8,13-15H2,(H,23,27). The Bertz CT molecular complexity index is 826. The first-order valence-corrected chi connectivity index (χ1v) is 9.77. The molecule has 0 saturated carbocycles. The minimum absolute atomic E-state index is 0.134. The van der Waals surface area contributed by atoms with Gasteiger partial charge in [0.05, 0.1) is 0 Å². The van der Waals surface area contributed by atoms with E-state index in [0.717, 1.165) is 43.1 Å². The summed E-state index contributed by atoms with van der Waals surface area (Å²) in [5, 5.41) is 2.99. The Morgan fingerprint density at radius 2 is 1.63 bits per heavy atom. The first kappa shape index (κ1) is 17.6. The lowest BCUT2D eigenvalue weighted by molar-refractivity contribution is -0.117. The number of rotatable bonds is 4. The quantitative estimate of drug-likeness (QED) is 0.891. The predicted molar refractivity (Wildman–Crippen MR) is 108 cm³/mol. The number of carbonyl (C=O) groups excluding carboxylic acids is 2. The van der Waals surface area contributed by atoms with Crippen LogP contribution < -0.4 is 15.1 Å². The van der Waals surface area contributed by atoms with Gasteiger partial charge in [-0.25, -0.2) is 0 Å². The van der Waals surface area contributed by atoms with Gasteiger partial charge in [0.15, 0.2) is 0 Å². The van der Waals surface area contributed by atoms with Crippen LogP contribution in [0.15, 0.2) is 48.5 Å². The Labute approximate surface area is 160 Å². The third-order valence-electron chi connectivity index (χ3n) is 5.34. The number of hydrogen-bond donors (Lipinski definition) is 1. The number of nitrogens with zero attached hydrogens (tertiary/aromatic N) is 2. The maximum atomic E-state index is 12.6. The average Bonchev–Trinajstić information content (AvgIpc) is 3.15. The molecule has 27 heavy (non-hydrogen) atoms. The van der Waals surface area contributed by atoms with Crippen molar-refractivity contribution in [3.8, 4) is 0 Å². The highest BCUT2D eigenvalue weighted by Gasteiger charge is 2.21. The Hall–Kier alpha value is -2.82. The Kier molecular flexibility index (Phi) is 5.10. The molecular formula is C22H25N3O2. The Morgan fingerprint density at radius 3 is 2.33 bits per heavy atom. The van der Waals surface area contributed by atoms with Crippen molar-refractivity contribution in [2.24, 2.45) is 0 Å². The van der Waals surface area contributed by atoms with Crippen molar-refractivity contribution in [1.82, 2.24) is 0 Å². The van der Waals surface area contributed by atoms with Crippen LogP contribution in [-0.4, -0.2) is 31.4 Å². The van der Waals surface area contributed by atoms with Gasteiger partial charge in [-0.05, 0) is 68.1 Å². The molecule has 0 atom stereocenters. The number of amides is 2. The van der Waals surface area contributed by atoms with E-state index in [2.05, 4.69) is 16.3 Å². The van der Waals surface area contributed by atoms with E-state index in [1.807, 2.05) is 30.3 Å². The first-order valence-electron chi connectivity index (χ1n) is 9.77. The monoisotopic (exact) mass is 363 g/mol. The van der Waals surface area contributed by atoms with Crippen LogP contribution in [0.2, 0.25) is 0 Å². The average molecular weight is 363 g/mol. The van der Waals surface area contributed by atoms with E-state index in [1.54, 1.807) is 17.0 Å². The van der Waals surface area contributed by atoms with Gasteiger partial charge in [-0.1, -0.05) is 6.07 Å². The number of carbonyl (C=O) groups is 2. The summed E-state index contributed by atoms with van der Waals surface area (Å²) in [6.07, 6.45) is 5.25. The van der Waals surface area contributed by atoms with Gasteiger partial charge in [-0.3, -0.25) is 9.59 Å². The molecule has 140 valence electrons. The number of nitrogens with one attached hydrogen (secondary N) is 1. The highest BCUT2D eigenvalue weighted by molar-refractivity contribution is 6.05. The van der Waals surface area contributed by atoms with Gasteiger partial charge < -0.3 is 15.1 Å². The summed E-state index contributed by atoms with van der Waals surface area (Å²) in [4.78, 5) is 28.6. The zero-order chi connectivity index (χ0) is 18.6. The fraction of sp³-hybridized carbons (Fsp3) is 0.364. The fourth-order valence-corrected chi connectivity index (χ4v) is 3.85. The summed E-state index contributed by atoms with van der Waals surface area (Å²) in [5.74, 6) is 0.0202. The SMILES string of the molecule is O=C(Nc1cccc(N2CCCCC2)c1)c1ccc(N2CCCC2=O)cc1. The smallest absolute Gasteiger partial charge is 0.255 e. The minimum Gasteiger partial charge on any atom is -0.371 e. The summed E-state index contributed by atoms with van der Waals surface area (Å²) < 4.78 is 0. The lowest BCUT2D eigenvalue weighted by Crippen LogP contribution is -2.29. The number of benzene rings is 2. The molecule has 0 aromatic heterocycles. The van der Waals surface area contributed by atoms with Gasteiger partial charge in [0.2, 0.25) is 5.91 Å². The Morgan fingerprint density at radius 1 is 0.852 bits per heavy atom. The van der Waals surface area contributed by atoms with Crippen LogP contribution in [0.1, 0.15) is 42.5 Å². The van der Waals surface area contributed by atoms with E-state index in [4.69, 9.17) is 0 Å². The molecule has 2 fully saturated rings. The van der Waals surface area contributed by atoms with E-state index in [-0.39, 0.29) is 11.8 Å². The molecule has 4 rings (SSSR count). The van der Waals surface area contributed by atoms with Gasteiger partial charge in [0.25, 0.3) is 5.91 Å². The van der Waals surface area contributed by atoms with E-state index in [9.17, 15) is 9.59 Å². The molecule has 0 aliphatic carbocycles. The Balaban J connectivity index is 1.43. The molecule has 0 radical (unpaired) electrons. The molecule has 0 unspecified atom stereocenters. The van der Waals surface area contributed by atoms with Crippen molar-refractivity contribution in [2.45, 2.75) is 32.1 Å². The first-order chi connectivity index (χ1) is 13.2. The number of piperidine rings is 1. The molecule has 5 heteroatoms. The molecule has 0 spiro atoms. The van der Waals surface area contributed by atoms with Gasteiger partial charge >= 0.3 is 0 Å². The topological polar surface area (TPSA) is 52.7 Å². The molecular weight excluding hydrogens is 338 g/mol. The second kappa shape index (κ2) is 7.82. The summed E-state index contributed by atoms with van der Waals surface area (Å²) in [6.45, 7) is 2.91. The molecule has 2 amide bonds. The summed E-state index contributed by atoms with van der Waals surface area (Å²) in [5.41, 5.74) is 3.42. The zero-order valence-electron chi connectivity index (χ0n) is 15.5. The highest BCUT2D eigenvalue weighted by atomic mass is 16.2. The van der Waals surface area contributed by atoms with Crippen molar-refractivity contribution in [2.75, 3.05) is 34.8 Å². The van der Waals surface area contributed by atoms with E-state index < -0.39 is 0 Å². The normalized spacial score (nSPS) is 17.3. The van der Waals surface area contributed by atoms with E-state index in [1.165, 1.54) is 19.3 Å². The molecule has 1 N–H and O–H groups in total. The van der Waals surface area contributed by atoms with E-state index in [0.29, 0.717) is 12.0 Å². The van der Waals surface area contributed by atoms with Gasteiger partial charge in [-0.2, -0.15) is 0 Å². The largest absolute Gasteiger partial charge is 0.371 e. The molecule has 5 nitrogen and oxygen atoms in total. The maximum Gasteiger partial charge on any atom is 0.255 e. The molecule has 2 aliphatic heterocycles.